The molecule has 0 bridgehead atoms. The van der Waals surface area contributed by atoms with E-state index in [4.69, 9.17) is 0 Å². The van der Waals surface area contributed by atoms with Gasteiger partial charge in [0.15, 0.2) is 0 Å². The number of para-hydroxylation sites is 1. The minimum absolute atomic E-state index is 0.0221. The van der Waals surface area contributed by atoms with Gasteiger partial charge in [0, 0.05) is 31.2 Å². The van der Waals surface area contributed by atoms with Crippen LogP contribution in [0.15, 0.2) is 36.5 Å². The topological polar surface area (TPSA) is 90.1 Å². The first-order chi connectivity index (χ1) is 13.2. The Labute approximate surface area is 158 Å². The van der Waals surface area contributed by atoms with E-state index in [2.05, 4.69) is 20.8 Å². The second-order valence-corrected chi connectivity index (χ2v) is 7.33. The molecule has 0 radical (unpaired) electrons. The van der Waals surface area contributed by atoms with Crippen LogP contribution in [0.3, 0.4) is 0 Å². The normalized spacial score (nSPS) is 22.6. The van der Waals surface area contributed by atoms with Crippen LogP contribution in [-0.4, -0.2) is 53.1 Å². The average molecular weight is 367 g/mol. The molecular formula is C20H25N5O2. The maximum atomic E-state index is 13.1. The fourth-order valence-electron chi connectivity index (χ4n) is 3.99. The van der Waals surface area contributed by atoms with Gasteiger partial charge in [-0.05, 0) is 37.9 Å². The van der Waals surface area contributed by atoms with Gasteiger partial charge in [0.2, 0.25) is 5.91 Å². The molecule has 3 heterocycles. The highest BCUT2D eigenvalue weighted by atomic mass is 16.2. The van der Waals surface area contributed by atoms with Gasteiger partial charge in [0.05, 0.1) is 23.4 Å². The van der Waals surface area contributed by atoms with Crippen molar-refractivity contribution in [3.63, 3.8) is 0 Å². The Kier molecular flexibility index (Phi) is 5.20. The highest BCUT2D eigenvalue weighted by Crippen LogP contribution is 2.26. The summed E-state index contributed by atoms with van der Waals surface area (Å²) in [5, 5.41) is 13.4. The van der Waals surface area contributed by atoms with E-state index in [0.717, 1.165) is 43.7 Å². The second-order valence-electron chi connectivity index (χ2n) is 7.33. The summed E-state index contributed by atoms with van der Waals surface area (Å²) in [7, 11) is 0. The van der Waals surface area contributed by atoms with Crippen LogP contribution in [0, 0.1) is 5.92 Å². The molecule has 2 amide bonds. The zero-order valence-corrected chi connectivity index (χ0v) is 15.3. The highest BCUT2D eigenvalue weighted by Gasteiger charge is 2.32. The van der Waals surface area contributed by atoms with Gasteiger partial charge >= 0.3 is 0 Å². The molecule has 3 N–H and O–H groups in total. The molecule has 7 heteroatoms. The van der Waals surface area contributed by atoms with Crippen molar-refractivity contribution in [2.75, 3.05) is 31.5 Å². The molecule has 0 aliphatic carbocycles. The van der Waals surface area contributed by atoms with Gasteiger partial charge in [-0.2, -0.15) is 5.10 Å². The number of benzene rings is 1. The SMILES string of the molecule is O=C(Nc1ccccc1)C1CCCN(C(=O)c2cn[nH]c2C2CCNC2)C1. The lowest BCUT2D eigenvalue weighted by molar-refractivity contribution is -0.121. The molecule has 1 aromatic heterocycles. The molecule has 0 spiro atoms. The van der Waals surface area contributed by atoms with Crippen molar-refractivity contribution in [1.82, 2.24) is 20.4 Å². The molecular weight excluding hydrogens is 342 g/mol. The lowest BCUT2D eigenvalue weighted by atomic mass is 9.95. The Bertz CT molecular complexity index is 798. The number of nitrogens with one attached hydrogen (secondary N) is 3. The predicted octanol–water partition coefficient (Wildman–Crippen LogP) is 1.98. The maximum absolute atomic E-state index is 13.1. The van der Waals surface area contributed by atoms with Crippen LogP contribution in [0.25, 0.3) is 0 Å². The van der Waals surface area contributed by atoms with Gasteiger partial charge in [-0.1, -0.05) is 18.2 Å². The Morgan fingerprint density at radius 3 is 2.81 bits per heavy atom. The lowest BCUT2D eigenvalue weighted by Crippen LogP contribution is -2.44. The molecule has 2 unspecified atom stereocenters. The van der Waals surface area contributed by atoms with Crippen LogP contribution in [0.1, 0.15) is 41.2 Å². The van der Waals surface area contributed by atoms with Gasteiger partial charge in [-0.3, -0.25) is 14.7 Å². The minimum Gasteiger partial charge on any atom is -0.338 e. The molecule has 1 aromatic carbocycles. The standard InChI is InChI=1S/C20H25N5O2/c26-19(23-16-6-2-1-3-7-16)15-5-4-10-25(13-15)20(27)17-12-22-24-18(17)14-8-9-21-11-14/h1-3,6-7,12,14-15,21H,4-5,8-11,13H2,(H,22,24)(H,23,26). The number of aromatic nitrogens is 2. The van der Waals surface area contributed by atoms with Crippen molar-refractivity contribution in [2.24, 2.45) is 5.92 Å². The number of hydrogen-bond donors (Lipinski definition) is 3. The van der Waals surface area contributed by atoms with Gasteiger partial charge in [0.1, 0.15) is 0 Å². The van der Waals surface area contributed by atoms with Gasteiger partial charge in [0.25, 0.3) is 5.91 Å². The van der Waals surface area contributed by atoms with Crippen molar-refractivity contribution >= 4 is 17.5 Å². The summed E-state index contributed by atoms with van der Waals surface area (Å²) in [6.07, 6.45) is 4.26. The number of piperidine rings is 1. The summed E-state index contributed by atoms with van der Waals surface area (Å²) in [6, 6.07) is 9.45. The summed E-state index contributed by atoms with van der Waals surface area (Å²) < 4.78 is 0. The number of carbonyl (C=O) groups is 2. The molecule has 2 atom stereocenters. The third-order valence-electron chi connectivity index (χ3n) is 5.49. The van der Waals surface area contributed by atoms with Crippen molar-refractivity contribution < 1.29 is 9.59 Å². The summed E-state index contributed by atoms with van der Waals surface area (Å²) in [5.41, 5.74) is 2.35. The van der Waals surface area contributed by atoms with E-state index in [0.29, 0.717) is 24.6 Å². The second kappa shape index (κ2) is 7.92. The van der Waals surface area contributed by atoms with Gasteiger partial charge in [-0.25, -0.2) is 0 Å². The van der Waals surface area contributed by atoms with Crippen LogP contribution in [0.4, 0.5) is 5.69 Å². The Balaban J connectivity index is 1.43. The zero-order valence-electron chi connectivity index (χ0n) is 15.3. The Morgan fingerprint density at radius 2 is 2.04 bits per heavy atom. The molecule has 2 aliphatic heterocycles. The number of nitrogens with zero attached hydrogens (tertiary/aromatic N) is 2. The summed E-state index contributed by atoms with van der Waals surface area (Å²) in [4.78, 5) is 27.5. The molecule has 142 valence electrons. The molecule has 27 heavy (non-hydrogen) atoms. The minimum atomic E-state index is -0.189. The fraction of sp³-hybridized carbons (Fsp3) is 0.450. The molecule has 4 rings (SSSR count). The van der Waals surface area contributed by atoms with Crippen molar-refractivity contribution in [3.05, 3.63) is 47.8 Å². The number of aromatic amines is 1. The zero-order chi connectivity index (χ0) is 18.6. The monoisotopic (exact) mass is 367 g/mol. The number of hydrogen-bond acceptors (Lipinski definition) is 4. The number of rotatable bonds is 4. The average Bonchev–Trinajstić information content (AvgIpc) is 3.39. The molecule has 2 fully saturated rings. The summed E-state index contributed by atoms with van der Waals surface area (Å²) in [6.45, 7) is 2.96. The molecule has 0 saturated carbocycles. The van der Waals surface area contributed by atoms with Crippen LogP contribution in [0.2, 0.25) is 0 Å². The van der Waals surface area contributed by atoms with E-state index < -0.39 is 0 Å². The quantitative estimate of drug-likeness (QED) is 0.771. The number of likely N-dealkylation sites (tertiary alicyclic amines) is 1. The highest BCUT2D eigenvalue weighted by molar-refractivity contribution is 5.97. The smallest absolute Gasteiger partial charge is 0.257 e. The Hall–Kier alpha value is -2.67. The first-order valence-electron chi connectivity index (χ1n) is 9.61. The molecule has 2 aromatic rings. The fourth-order valence-corrected chi connectivity index (χ4v) is 3.99. The molecule has 7 nitrogen and oxygen atoms in total. The summed E-state index contributed by atoms with van der Waals surface area (Å²) in [5.74, 6) is 0.0637. The lowest BCUT2D eigenvalue weighted by Gasteiger charge is -2.32. The van der Waals surface area contributed by atoms with E-state index in [1.807, 2.05) is 30.3 Å². The largest absolute Gasteiger partial charge is 0.338 e. The Morgan fingerprint density at radius 1 is 1.19 bits per heavy atom. The number of H-pyrrole nitrogens is 1. The maximum Gasteiger partial charge on any atom is 0.257 e. The van der Waals surface area contributed by atoms with Gasteiger partial charge in [-0.15, -0.1) is 0 Å². The first kappa shape index (κ1) is 17.7. The molecule has 2 saturated heterocycles. The predicted molar refractivity (Wildman–Crippen MR) is 103 cm³/mol. The summed E-state index contributed by atoms with van der Waals surface area (Å²) >= 11 is 0. The van der Waals surface area contributed by atoms with Gasteiger partial charge < -0.3 is 15.5 Å². The van der Waals surface area contributed by atoms with E-state index in [1.165, 1.54) is 0 Å². The van der Waals surface area contributed by atoms with E-state index in [-0.39, 0.29) is 17.7 Å². The number of carbonyl (C=O) groups excluding carboxylic acids is 2. The van der Waals surface area contributed by atoms with E-state index in [9.17, 15) is 9.59 Å². The molecule has 2 aliphatic rings. The van der Waals surface area contributed by atoms with Crippen molar-refractivity contribution in [1.29, 1.82) is 0 Å². The third-order valence-corrected chi connectivity index (χ3v) is 5.49. The third kappa shape index (κ3) is 3.88. The van der Waals surface area contributed by atoms with Crippen molar-refractivity contribution in [2.45, 2.75) is 25.2 Å². The van der Waals surface area contributed by atoms with Crippen LogP contribution in [0.5, 0.6) is 0 Å². The van der Waals surface area contributed by atoms with Crippen LogP contribution < -0.4 is 10.6 Å². The van der Waals surface area contributed by atoms with E-state index in [1.54, 1.807) is 11.1 Å². The van der Waals surface area contributed by atoms with Crippen molar-refractivity contribution in [3.8, 4) is 0 Å². The van der Waals surface area contributed by atoms with Crippen LogP contribution >= 0.6 is 0 Å². The first-order valence-corrected chi connectivity index (χ1v) is 9.61. The number of anilines is 1. The number of amides is 2. The van der Waals surface area contributed by atoms with Crippen LogP contribution in [-0.2, 0) is 4.79 Å². The van der Waals surface area contributed by atoms with E-state index >= 15 is 0 Å².